The number of hydrogen-bond donors (Lipinski definition) is 1. The number of hydrogen-bond acceptors (Lipinski definition) is 3. The van der Waals surface area contributed by atoms with Crippen molar-refractivity contribution >= 4 is 37.4 Å². The molecule has 4 heteroatoms. The molecule has 13 heavy (non-hydrogen) atoms. The molecule has 2 aromatic rings. The van der Waals surface area contributed by atoms with E-state index in [0.29, 0.717) is 5.75 Å². The molecule has 0 radical (unpaired) electrons. The molecular weight excluding hydrogens is 252 g/mol. The van der Waals surface area contributed by atoms with Gasteiger partial charge >= 0.3 is 0 Å². The third-order valence-electron chi connectivity index (χ3n) is 1.83. The van der Waals surface area contributed by atoms with Crippen molar-refractivity contribution in [1.29, 1.82) is 0 Å². The van der Waals surface area contributed by atoms with Crippen molar-refractivity contribution < 1.29 is 9.84 Å². The maximum absolute atomic E-state index is 9.69. The van der Waals surface area contributed by atoms with Gasteiger partial charge in [-0.15, -0.1) is 11.3 Å². The Labute approximate surface area is 87.9 Å². The summed E-state index contributed by atoms with van der Waals surface area (Å²) < 4.78 is 6.91. The second-order valence-corrected chi connectivity index (χ2v) is 4.93. The molecule has 0 spiro atoms. The molecule has 0 saturated heterocycles. The maximum atomic E-state index is 9.69. The highest BCUT2D eigenvalue weighted by Gasteiger charge is 2.12. The van der Waals surface area contributed by atoms with Gasteiger partial charge in [-0.25, -0.2) is 0 Å². The number of benzene rings is 1. The SMILES string of the molecule is COc1cccc2sc(Br)c(O)c12. The largest absolute Gasteiger partial charge is 0.505 e. The van der Waals surface area contributed by atoms with Crippen molar-refractivity contribution in [3.05, 3.63) is 22.0 Å². The Kier molecular flexibility index (Phi) is 2.17. The van der Waals surface area contributed by atoms with Crippen LogP contribution in [0, 0.1) is 0 Å². The van der Waals surface area contributed by atoms with E-state index in [4.69, 9.17) is 4.74 Å². The van der Waals surface area contributed by atoms with E-state index in [-0.39, 0.29) is 5.75 Å². The first-order valence-corrected chi connectivity index (χ1v) is 5.29. The van der Waals surface area contributed by atoms with Crippen molar-refractivity contribution in [1.82, 2.24) is 0 Å². The first-order chi connectivity index (χ1) is 6.24. The van der Waals surface area contributed by atoms with Crippen LogP contribution in [0.5, 0.6) is 11.5 Å². The van der Waals surface area contributed by atoms with Crippen LogP contribution >= 0.6 is 27.3 Å². The monoisotopic (exact) mass is 258 g/mol. The number of rotatable bonds is 1. The van der Waals surface area contributed by atoms with E-state index in [1.165, 1.54) is 11.3 Å². The fourth-order valence-corrected chi connectivity index (χ4v) is 2.80. The van der Waals surface area contributed by atoms with E-state index in [0.717, 1.165) is 13.9 Å². The van der Waals surface area contributed by atoms with E-state index in [2.05, 4.69) is 15.9 Å². The molecule has 1 aromatic heterocycles. The summed E-state index contributed by atoms with van der Waals surface area (Å²) in [5.41, 5.74) is 0. The van der Waals surface area contributed by atoms with E-state index in [1.54, 1.807) is 7.11 Å². The second-order valence-electron chi connectivity index (χ2n) is 2.56. The molecule has 0 aliphatic heterocycles. The zero-order valence-corrected chi connectivity index (χ0v) is 9.28. The van der Waals surface area contributed by atoms with Crippen LogP contribution in [0.2, 0.25) is 0 Å². The highest BCUT2D eigenvalue weighted by Crippen LogP contribution is 2.44. The average molecular weight is 259 g/mol. The number of aromatic hydroxyl groups is 1. The van der Waals surface area contributed by atoms with E-state index in [9.17, 15) is 5.11 Å². The first-order valence-electron chi connectivity index (χ1n) is 3.68. The predicted molar refractivity (Wildman–Crippen MR) is 57.7 cm³/mol. The number of thiophene rings is 1. The van der Waals surface area contributed by atoms with Gasteiger partial charge in [0.05, 0.1) is 12.5 Å². The van der Waals surface area contributed by atoms with Crippen LogP contribution < -0.4 is 4.74 Å². The van der Waals surface area contributed by atoms with E-state index >= 15 is 0 Å². The number of halogens is 1. The molecule has 1 aromatic carbocycles. The number of fused-ring (bicyclic) bond motifs is 1. The Morgan fingerprint density at radius 2 is 2.23 bits per heavy atom. The van der Waals surface area contributed by atoms with Gasteiger partial charge in [-0.3, -0.25) is 0 Å². The summed E-state index contributed by atoms with van der Waals surface area (Å²) in [6.45, 7) is 0. The number of ether oxygens (including phenoxy) is 1. The molecule has 0 atom stereocenters. The molecule has 2 rings (SSSR count). The Morgan fingerprint density at radius 3 is 2.92 bits per heavy atom. The highest BCUT2D eigenvalue weighted by atomic mass is 79.9. The van der Waals surface area contributed by atoms with Crippen LogP contribution in [0.3, 0.4) is 0 Å². The third kappa shape index (κ3) is 1.30. The molecule has 1 N–H and O–H groups in total. The molecule has 0 amide bonds. The Balaban J connectivity index is 2.87. The molecule has 0 aliphatic carbocycles. The molecular formula is C9H7BrO2S. The van der Waals surface area contributed by atoms with E-state index in [1.807, 2.05) is 18.2 Å². The quantitative estimate of drug-likeness (QED) is 0.850. The van der Waals surface area contributed by atoms with Crippen LogP contribution in [-0.4, -0.2) is 12.2 Å². The van der Waals surface area contributed by atoms with Gasteiger partial charge in [0.25, 0.3) is 0 Å². The summed E-state index contributed by atoms with van der Waals surface area (Å²) in [6.07, 6.45) is 0. The Bertz CT molecular complexity index is 450. The minimum atomic E-state index is 0.262. The molecule has 68 valence electrons. The fourth-order valence-electron chi connectivity index (χ4n) is 1.24. The minimum Gasteiger partial charge on any atom is -0.505 e. The molecule has 0 fully saturated rings. The molecule has 0 saturated carbocycles. The van der Waals surface area contributed by atoms with Crippen molar-refractivity contribution in [3.63, 3.8) is 0 Å². The predicted octanol–water partition coefficient (Wildman–Crippen LogP) is 3.38. The Morgan fingerprint density at radius 1 is 1.46 bits per heavy atom. The van der Waals surface area contributed by atoms with Crippen LogP contribution in [0.1, 0.15) is 0 Å². The van der Waals surface area contributed by atoms with Gasteiger partial charge in [0, 0.05) is 4.70 Å². The Hall–Kier alpha value is -0.740. The lowest BCUT2D eigenvalue weighted by Crippen LogP contribution is -1.81. The minimum absolute atomic E-state index is 0.262. The zero-order chi connectivity index (χ0) is 9.42. The molecule has 0 bridgehead atoms. The van der Waals surface area contributed by atoms with Gasteiger partial charge in [0.15, 0.2) is 5.75 Å². The summed E-state index contributed by atoms with van der Waals surface area (Å²) in [4.78, 5) is 0. The summed E-state index contributed by atoms with van der Waals surface area (Å²) >= 11 is 4.78. The van der Waals surface area contributed by atoms with Gasteiger partial charge < -0.3 is 9.84 Å². The molecule has 2 nitrogen and oxygen atoms in total. The lowest BCUT2D eigenvalue weighted by Gasteiger charge is -2.00. The lowest BCUT2D eigenvalue weighted by molar-refractivity contribution is 0.416. The normalized spacial score (nSPS) is 10.6. The third-order valence-corrected chi connectivity index (χ3v) is 3.62. The smallest absolute Gasteiger partial charge is 0.152 e. The van der Waals surface area contributed by atoms with Crippen LogP contribution in [0.25, 0.3) is 10.1 Å². The molecule has 0 unspecified atom stereocenters. The van der Waals surface area contributed by atoms with Crippen molar-refractivity contribution in [3.8, 4) is 11.5 Å². The van der Waals surface area contributed by atoms with Crippen molar-refractivity contribution in [2.24, 2.45) is 0 Å². The standard InChI is InChI=1S/C9H7BrO2S/c1-12-5-3-2-4-6-7(5)8(11)9(10)13-6/h2-4,11H,1H3. The summed E-state index contributed by atoms with van der Waals surface area (Å²) in [6, 6.07) is 5.69. The zero-order valence-electron chi connectivity index (χ0n) is 6.87. The second kappa shape index (κ2) is 3.20. The topological polar surface area (TPSA) is 29.5 Å². The van der Waals surface area contributed by atoms with Gasteiger partial charge in [0.1, 0.15) is 9.54 Å². The summed E-state index contributed by atoms with van der Waals surface area (Å²) in [7, 11) is 1.60. The van der Waals surface area contributed by atoms with Gasteiger partial charge in [-0.05, 0) is 28.1 Å². The van der Waals surface area contributed by atoms with Gasteiger partial charge in [-0.2, -0.15) is 0 Å². The molecule has 0 aliphatic rings. The average Bonchev–Trinajstić information content (AvgIpc) is 2.43. The maximum Gasteiger partial charge on any atom is 0.152 e. The summed E-state index contributed by atoms with van der Waals surface area (Å²) in [5, 5.41) is 10.5. The van der Waals surface area contributed by atoms with Crippen LogP contribution in [0.15, 0.2) is 22.0 Å². The van der Waals surface area contributed by atoms with Gasteiger partial charge in [-0.1, -0.05) is 6.07 Å². The highest BCUT2D eigenvalue weighted by molar-refractivity contribution is 9.11. The van der Waals surface area contributed by atoms with E-state index < -0.39 is 0 Å². The van der Waals surface area contributed by atoms with Crippen LogP contribution in [-0.2, 0) is 0 Å². The van der Waals surface area contributed by atoms with Crippen molar-refractivity contribution in [2.45, 2.75) is 0 Å². The fraction of sp³-hybridized carbons (Fsp3) is 0.111. The van der Waals surface area contributed by atoms with Crippen molar-refractivity contribution in [2.75, 3.05) is 7.11 Å². The molecule has 1 heterocycles. The van der Waals surface area contributed by atoms with Gasteiger partial charge in [0.2, 0.25) is 0 Å². The number of methoxy groups -OCH3 is 1. The first kappa shape index (κ1) is 8.84. The van der Waals surface area contributed by atoms with Crippen LogP contribution in [0.4, 0.5) is 0 Å². The lowest BCUT2D eigenvalue weighted by atomic mass is 10.2. The summed E-state index contributed by atoms with van der Waals surface area (Å²) in [5.74, 6) is 0.967.